The Balaban J connectivity index is 0.00000243. The first-order chi connectivity index (χ1) is 12.1. The number of nitrogens with zero attached hydrogens (tertiary/aromatic N) is 1. The van der Waals surface area contributed by atoms with E-state index in [-0.39, 0.29) is 35.2 Å². The fourth-order valence-electron chi connectivity index (χ4n) is 2.84. The smallest absolute Gasteiger partial charge is 0.251 e. The van der Waals surface area contributed by atoms with Crippen molar-refractivity contribution in [2.45, 2.75) is 18.9 Å². The summed E-state index contributed by atoms with van der Waals surface area (Å²) in [6, 6.07) is 14.5. The van der Waals surface area contributed by atoms with E-state index in [2.05, 4.69) is 21.2 Å². The number of carbonyl (C=O) groups is 2. The van der Waals surface area contributed by atoms with E-state index in [0.717, 1.165) is 22.2 Å². The van der Waals surface area contributed by atoms with Gasteiger partial charge in [-0.2, -0.15) is 0 Å². The second-order valence-electron chi connectivity index (χ2n) is 5.85. The molecular weight excluding hydrogens is 464 g/mol. The van der Waals surface area contributed by atoms with Crippen LogP contribution in [0.2, 0.25) is 0 Å². The highest BCUT2D eigenvalue weighted by atomic mass is 79.9. The first-order valence-electron chi connectivity index (χ1n) is 8.07. The Hall–Kier alpha value is -1.70. The highest BCUT2D eigenvalue weighted by Crippen LogP contribution is 2.24. The van der Waals surface area contributed by atoms with Crippen LogP contribution < -0.4 is 15.0 Å². The third kappa shape index (κ3) is 4.72. The number of rotatable bonds is 6. The molecule has 1 saturated heterocycles. The average Bonchev–Trinajstić information content (AvgIpc) is 2.90. The molecule has 0 aliphatic carbocycles. The van der Waals surface area contributed by atoms with Gasteiger partial charge >= 0.3 is 0 Å². The summed E-state index contributed by atoms with van der Waals surface area (Å²) in [5, 5.41) is 3.20. The van der Waals surface area contributed by atoms with E-state index >= 15 is 0 Å². The van der Waals surface area contributed by atoms with Crippen LogP contribution in [0.5, 0.6) is 5.75 Å². The highest BCUT2D eigenvalue weighted by Gasteiger charge is 2.39. The Morgan fingerprint density at radius 1 is 1.12 bits per heavy atom. The molecule has 0 aromatic heterocycles. The summed E-state index contributed by atoms with van der Waals surface area (Å²) in [7, 11) is 1.64. The number of halogens is 2. The quantitative estimate of drug-likeness (QED) is 0.639. The van der Waals surface area contributed by atoms with Crippen molar-refractivity contribution in [3.05, 3.63) is 58.6 Å². The van der Waals surface area contributed by atoms with Crippen molar-refractivity contribution in [1.82, 2.24) is 5.32 Å². The van der Waals surface area contributed by atoms with Gasteiger partial charge in [0.05, 0.1) is 25.3 Å². The lowest BCUT2D eigenvalue weighted by Crippen LogP contribution is -2.39. The van der Waals surface area contributed by atoms with Gasteiger partial charge in [0.2, 0.25) is 5.91 Å². The Kier molecular flexibility index (Phi) is 7.37. The molecule has 7 heteroatoms. The van der Waals surface area contributed by atoms with Gasteiger partial charge in [0.25, 0.3) is 5.91 Å². The van der Waals surface area contributed by atoms with E-state index in [0.29, 0.717) is 12.2 Å². The molecule has 0 saturated carbocycles. The van der Waals surface area contributed by atoms with E-state index in [1.807, 2.05) is 36.4 Å². The van der Waals surface area contributed by atoms with Gasteiger partial charge in [-0.15, -0.1) is 17.0 Å². The largest absolute Gasteiger partial charge is 0.497 e. The Labute approximate surface area is 171 Å². The maximum Gasteiger partial charge on any atom is 0.251 e. The van der Waals surface area contributed by atoms with E-state index in [1.54, 1.807) is 19.2 Å². The molecule has 138 valence electrons. The predicted molar refractivity (Wildman–Crippen MR) is 110 cm³/mol. The molecule has 1 N–H and O–H groups in total. The fourth-order valence-corrected chi connectivity index (χ4v) is 3.10. The number of ether oxygens (including phenoxy) is 1. The molecule has 26 heavy (non-hydrogen) atoms. The van der Waals surface area contributed by atoms with Gasteiger partial charge < -0.3 is 10.1 Å². The van der Waals surface area contributed by atoms with Crippen LogP contribution in [0.4, 0.5) is 5.69 Å². The number of hydrogen-bond donors (Lipinski definition) is 1. The third-order valence-corrected chi connectivity index (χ3v) is 4.72. The first kappa shape index (κ1) is 20.6. The van der Waals surface area contributed by atoms with Crippen molar-refractivity contribution in [2.75, 3.05) is 18.6 Å². The summed E-state index contributed by atoms with van der Waals surface area (Å²) in [4.78, 5) is 26.0. The minimum Gasteiger partial charge on any atom is -0.497 e. The minimum absolute atomic E-state index is 0. The zero-order chi connectivity index (χ0) is 17.8. The molecule has 0 bridgehead atoms. The number of carbonyl (C=O) groups excluding carboxylic acids is 2. The van der Waals surface area contributed by atoms with Gasteiger partial charge in [0.1, 0.15) is 5.75 Å². The average molecular weight is 484 g/mol. The maximum atomic E-state index is 12.5. The van der Waals surface area contributed by atoms with Gasteiger partial charge in [-0.1, -0.05) is 28.1 Å². The Bertz CT molecular complexity index is 763. The predicted octanol–water partition coefficient (Wildman–Crippen LogP) is 3.50. The molecule has 0 spiro atoms. The SMILES string of the molecule is Br.COc1ccc(CCNC2CC(=O)N(c3ccc(Br)cc3)C2=O)cc1. The summed E-state index contributed by atoms with van der Waals surface area (Å²) in [5.74, 6) is 0.453. The summed E-state index contributed by atoms with van der Waals surface area (Å²) in [5.41, 5.74) is 1.76. The molecular formula is C19H20Br2N2O3. The second kappa shape index (κ2) is 9.30. The number of amides is 2. The molecule has 1 aliphatic rings. The number of hydrogen-bond acceptors (Lipinski definition) is 4. The molecule has 2 aromatic rings. The molecule has 2 amide bonds. The van der Waals surface area contributed by atoms with Crippen molar-refractivity contribution in [1.29, 1.82) is 0 Å². The van der Waals surface area contributed by atoms with E-state index in [1.165, 1.54) is 4.90 Å². The monoisotopic (exact) mass is 482 g/mol. The normalized spacial score (nSPS) is 16.5. The summed E-state index contributed by atoms with van der Waals surface area (Å²) in [6.07, 6.45) is 0.970. The second-order valence-corrected chi connectivity index (χ2v) is 6.77. The molecule has 1 heterocycles. The lowest BCUT2D eigenvalue weighted by molar-refractivity contribution is -0.121. The number of anilines is 1. The number of nitrogens with one attached hydrogen (secondary N) is 1. The minimum atomic E-state index is -0.464. The van der Waals surface area contributed by atoms with Gasteiger partial charge in [-0.05, 0) is 54.9 Å². The molecule has 5 nitrogen and oxygen atoms in total. The van der Waals surface area contributed by atoms with Crippen molar-refractivity contribution >= 4 is 50.4 Å². The van der Waals surface area contributed by atoms with Crippen molar-refractivity contribution in [3.63, 3.8) is 0 Å². The molecule has 1 unspecified atom stereocenters. The summed E-state index contributed by atoms with van der Waals surface area (Å²) < 4.78 is 6.04. The van der Waals surface area contributed by atoms with Crippen LogP contribution in [0.25, 0.3) is 0 Å². The van der Waals surface area contributed by atoms with Crippen LogP contribution in [-0.4, -0.2) is 31.5 Å². The van der Waals surface area contributed by atoms with Crippen molar-refractivity contribution < 1.29 is 14.3 Å². The Morgan fingerprint density at radius 2 is 1.77 bits per heavy atom. The van der Waals surface area contributed by atoms with Crippen LogP contribution >= 0.6 is 32.9 Å². The van der Waals surface area contributed by atoms with E-state index in [9.17, 15) is 9.59 Å². The number of methoxy groups -OCH3 is 1. The van der Waals surface area contributed by atoms with Crippen LogP contribution in [0, 0.1) is 0 Å². The van der Waals surface area contributed by atoms with E-state index in [4.69, 9.17) is 4.74 Å². The number of imide groups is 1. The molecule has 3 rings (SSSR count). The number of benzene rings is 2. The topological polar surface area (TPSA) is 58.6 Å². The van der Waals surface area contributed by atoms with Crippen LogP contribution in [0.1, 0.15) is 12.0 Å². The van der Waals surface area contributed by atoms with Gasteiger partial charge in [-0.25, -0.2) is 4.90 Å². The molecule has 1 atom stereocenters. The van der Waals surface area contributed by atoms with Crippen LogP contribution in [-0.2, 0) is 16.0 Å². The van der Waals surface area contributed by atoms with Gasteiger partial charge in [0, 0.05) is 4.47 Å². The maximum absolute atomic E-state index is 12.5. The molecule has 1 aliphatic heterocycles. The van der Waals surface area contributed by atoms with Gasteiger partial charge in [-0.3, -0.25) is 9.59 Å². The van der Waals surface area contributed by atoms with Crippen molar-refractivity contribution in [2.24, 2.45) is 0 Å². The zero-order valence-electron chi connectivity index (χ0n) is 14.3. The third-order valence-electron chi connectivity index (χ3n) is 4.19. The lowest BCUT2D eigenvalue weighted by Gasteiger charge is -2.15. The summed E-state index contributed by atoms with van der Waals surface area (Å²) >= 11 is 3.35. The van der Waals surface area contributed by atoms with Gasteiger partial charge in [0.15, 0.2) is 0 Å². The highest BCUT2D eigenvalue weighted by molar-refractivity contribution is 9.10. The first-order valence-corrected chi connectivity index (χ1v) is 8.86. The molecule has 0 radical (unpaired) electrons. The zero-order valence-corrected chi connectivity index (χ0v) is 17.6. The molecule has 1 fully saturated rings. The van der Waals surface area contributed by atoms with Crippen LogP contribution in [0.15, 0.2) is 53.0 Å². The standard InChI is InChI=1S/C19H19BrN2O3.BrH/c1-25-16-8-2-13(3-9-16)10-11-21-17-12-18(23)22(19(17)24)15-6-4-14(20)5-7-15;/h2-9,17,21H,10-12H2,1H3;1H. The lowest BCUT2D eigenvalue weighted by atomic mass is 10.1. The Morgan fingerprint density at radius 3 is 2.38 bits per heavy atom. The fraction of sp³-hybridized carbons (Fsp3) is 0.263. The van der Waals surface area contributed by atoms with Crippen LogP contribution in [0.3, 0.4) is 0 Å². The van der Waals surface area contributed by atoms with E-state index < -0.39 is 6.04 Å². The van der Waals surface area contributed by atoms with Crippen molar-refractivity contribution in [3.8, 4) is 5.75 Å². The molecule has 2 aromatic carbocycles. The summed E-state index contributed by atoms with van der Waals surface area (Å²) in [6.45, 7) is 0.629.